The van der Waals surface area contributed by atoms with Gasteiger partial charge in [-0.3, -0.25) is 9.59 Å². The molecule has 130 valence electrons. The minimum absolute atomic E-state index is 0.108. The summed E-state index contributed by atoms with van der Waals surface area (Å²) in [5.41, 5.74) is 4.83. The summed E-state index contributed by atoms with van der Waals surface area (Å²) in [7, 11) is 1.59. The van der Waals surface area contributed by atoms with Crippen LogP contribution in [-0.4, -0.2) is 24.9 Å². The second-order valence-electron chi connectivity index (χ2n) is 6.35. The average Bonchev–Trinajstić information content (AvgIpc) is 3.09. The number of rotatable bonds is 5. The van der Waals surface area contributed by atoms with Crippen LogP contribution in [0.2, 0.25) is 0 Å². The van der Waals surface area contributed by atoms with Gasteiger partial charge in [0.25, 0.3) is 5.91 Å². The zero-order valence-electron chi connectivity index (χ0n) is 14.6. The highest BCUT2D eigenvalue weighted by molar-refractivity contribution is 5.97. The smallest absolute Gasteiger partial charge is 0.251 e. The van der Waals surface area contributed by atoms with E-state index < -0.39 is 6.04 Å². The van der Waals surface area contributed by atoms with Crippen LogP contribution >= 0.6 is 0 Å². The molecule has 1 aliphatic rings. The van der Waals surface area contributed by atoms with Crippen LogP contribution in [0, 0.1) is 0 Å². The maximum Gasteiger partial charge on any atom is 0.251 e. The van der Waals surface area contributed by atoms with E-state index in [1.807, 2.05) is 12.1 Å². The highest BCUT2D eigenvalue weighted by Gasteiger charge is 2.16. The van der Waals surface area contributed by atoms with Gasteiger partial charge in [0.15, 0.2) is 0 Å². The third-order valence-electron chi connectivity index (χ3n) is 4.49. The van der Waals surface area contributed by atoms with E-state index in [9.17, 15) is 9.59 Å². The van der Waals surface area contributed by atoms with Crippen molar-refractivity contribution in [3.63, 3.8) is 0 Å². The number of hydrogen-bond donors (Lipinski definition) is 3. The normalized spacial score (nSPS) is 13.7. The fourth-order valence-electron chi connectivity index (χ4n) is 3.11. The number of nitrogens with one attached hydrogen (secondary N) is 3. The van der Waals surface area contributed by atoms with Gasteiger partial charge in [0.1, 0.15) is 6.04 Å². The van der Waals surface area contributed by atoms with E-state index in [-0.39, 0.29) is 11.8 Å². The minimum atomic E-state index is -0.423. The first-order valence-corrected chi connectivity index (χ1v) is 8.58. The van der Waals surface area contributed by atoms with Crippen LogP contribution in [0.15, 0.2) is 42.5 Å². The minimum Gasteiger partial charge on any atom is -0.374 e. The largest absolute Gasteiger partial charge is 0.374 e. The third-order valence-corrected chi connectivity index (χ3v) is 4.49. The zero-order valence-corrected chi connectivity index (χ0v) is 14.6. The molecule has 3 rings (SSSR count). The number of carbonyl (C=O) groups is 2. The second-order valence-corrected chi connectivity index (χ2v) is 6.35. The van der Waals surface area contributed by atoms with Crippen LogP contribution < -0.4 is 16.0 Å². The lowest BCUT2D eigenvalue weighted by Crippen LogP contribution is -2.32. The van der Waals surface area contributed by atoms with Crippen molar-refractivity contribution in [3.8, 4) is 0 Å². The van der Waals surface area contributed by atoms with Gasteiger partial charge < -0.3 is 16.0 Å². The molecule has 2 aromatic rings. The number of amides is 2. The van der Waals surface area contributed by atoms with Gasteiger partial charge in [0.2, 0.25) is 5.91 Å². The van der Waals surface area contributed by atoms with Gasteiger partial charge in [-0.25, -0.2) is 0 Å². The molecular formula is C20H23N3O2. The molecule has 0 saturated carbocycles. The molecule has 0 radical (unpaired) electrons. The molecule has 1 atom stereocenters. The number of anilines is 2. The molecule has 3 N–H and O–H groups in total. The summed E-state index contributed by atoms with van der Waals surface area (Å²) in [6.45, 7) is 1.80. The Labute approximate surface area is 147 Å². The van der Waals surface area contributed by atoms with Crippen molar-refractivity contribution in [2.24, 2.45) is 0 Å². The molecule has 25 heavy (non-hydrogen) atoms. The Morgan fingerprint density at radius 2 is 1.80 bits per heavy atom. The van der Waals surface area contributed by atoms with Crippen LogP contribution in [0.3, 0.4) is 0 Å². The first kappa shape index (κ1) is 17.0. The number of fused-ring (bicyclic) bond motifs is 1. The number of benzene rings is 2. The van der Waals surface area contributed by atoms with Gasteiger partial charge >= 0.3 is 0 Å². The van der Waals surface area contributed by atoms with Gasteiger partial charge in [-0.05, 0) is 67.6 Å². The Kier molecular flexibility index (Phi) is 5.03. The zero-order chi connectivity index (χ0) is 17.8. The van der Waals surface area contributed by atoms with E-state index in [0.717, 1.165) is 24.2 Å². The monoisotopic (exact) mass is 337 g/mol. The molecule has 1 unspecified atom stereocenters. The fourth-order valence-corrected chi connectivity index (χ4v) is 3.11. The summed E-state index contributed by atoms with van der Waals surface area (Å²) in [6.07, 6.45) is 3.40. The second kappa shape index (κ2) is 7.38. The number of carbonyl (C=O) groups excluding carboxylic acids is 2. The molecule has 1 aliphatic carbocycles. The van der Waals surface area contributed by atoms with Crippen molar-refractivity contribution in [2.75, 3.05) is 17.7 Å². The summed E-state index contributed by atoms with van der Waals surface area (Å²) >= 11 is 0. The highest BCUT2D eigenvalue weighted by Crippen LogP contribution is 2.25. The molecular weight excluding hydrogens is 314 g/mol. The number of hydrogen-bond acceptors (Lipinski definition) is 3. The quantitative estimate of drug-likeness (QED) is 0.785. The van der Waals surface area contributed by atoms with Gasteiger partial charge in [0, 0.05) is 24.0 Å². The molecule has 2 aromatic carbocycles. The topological polar surface area (TPSA) is 70.2 Å². The van der Waals surface area contributed by atoms with E-state index in [2.05, 4.69) is 28.1 Å². The summed E-state index contributed by atoms with van der Waals surface area (Å²) in [4.78, 5) is 24.1. The molecule has 2 amide bonds. The predicted octanol–water partition coefficient (Wildman–Crippen LogP) is 2.97. The molecule has 0 bridgehead atoms. The van der Waals surface area contributed by atoms with Crippen molar-refractivity contribution in [3.05, 3.63) is 59.2 Å². The molecule has 5 nitrogen and oxygen atoms in total. The van der Waals surface area contributed by atoms with Crippen molar-refractivity contribution in [2.45, 2.75) is 32.2 Å². The van der Waals surface area contributed by atoms with Gasteiger partial charge in [-0.2, -0.15) is 0 Å². The highest BCUT2D eigenvalue weighted by atomic mass is 16.2. The molecule has 0 saturated heterocycles. The maximum atomic E-state index is 12.4. The molecule has 0 aliphatic heterocycles. The molecule has 0 heterocycles. The first-order valence-electron chi connectivity index (χ1n) is 8.58. The third kappa shape index (κ3) is 3.99. The summed E-state index contributed by atoms with van der Waals surface area (Å²) in [5.74, 6) is -0.262. The van der Waals surface area contributed by atoms with Crippen molar-refractivity contribution in [1.82, 2.24) is 5.32 Å². The molecule has 0 fully saturated rings. The number of aryl methyl sites for hydroxylation is 2. The molecule has 0 spiro atoms. The Morgan fingerprint density at radius 3 is 2.60 bits per heavy atom. The van der Waals surface area contributed by atoms with Crippen LogP contribution in [0.5, 0.6) is 0 Å². The van der Waals surface area contributed by atoms with E-state index in [1.165, 1.54) is 17.5 Å². The van der Waals surface area contributed by atoms with E-state index in [4.69, 9.17) is 0 Å². The van der Waals surface area contributed by atoms with E-state index in [0.29, 0.717) is 5.56 Å². The Morgan fingerprint density at radius 1 is 1.00 bits per heavy atom. The van der Waals surface area contributed by atoms with E-state index in [1.54, 1.807) is 32.2 Å². The Hall–Kier alpha value is -2.82. The van der Waals surface area contributed by atoms with Crippen LogP contribution in [0.25, 0.3) is 0 Å². The van der Waals surface area contributed by atoms with Gasteiger partial charge in [-0.1, -0.05) is 12.1 Å². The summed E-state index contributed by atoms with van der Waals surface area (Å²) in [6, 6.07) is 12.8. The Balaban J connectivity index is 1.64. The molecule has 0 aromatic heterocycles. The Bertz CT molecular complexity index is 801. The first-order chi connectivity index (χ1) is 12.1. The van der Waals surface area contributed by atoms with Crippen LogP contribution in [0.1, 0.15) is 34.8 Å². The van der Waals surface area contributed by atoms with Crippen molar-refractivity contribution >= 4 is 23.2 Å². The standard InChI is InChI=1S/C20H23N3O2/c1-13(22-17-8-4-7-16(12-17)20(25)21-2)19(24)23-18-10-9-14-5-3-6-15(14)11-18/h4,7-13,22H,3,5-6H2,1-2H3,(H,21,25)(H,23,24). The van der Waals surface area contributed by atoms with Crippen molar-refractivity contribution < 1.29 is 9.59 Å². The van der Waals surface area contributed by atoms with E-state index >= 15 is 0 Å². The lowest BCUT2D eigenvalue weighted by molar-refractivity contribution is -0.116. The maximum absolute atomic E-state index is 12.4. The van der Waals surface area contributed by atoms with Crippen LogP contribution in [-0.2, 0) is 17.6 Å². The molecule has 5 heteroatoms. The predicted molar refractivity (Wildman–Crippen MR) is 100 cm³/mol. The SMILES string of the molecule is CNC(=O)c1cccc(NC(C)C(=O)Nc2ccc3c(c2)CCC3)c1. The lowest BCUT2D eigenvalue weighted by atomic mass is 10.1. The van der Waals surface area contributed by atoms with Gasteiger partial charge in [0.05, 0.1) is 0 Å². The summed E-state index contributed by atoms with van der Waals surface area (Å²) in [5, 5.41) is 8.69. The summed E-state index contributed by atoms with van der Waals surface area (Å²) < 4.78 is 0. The lowest BCUT2D eigenvalue weighted by Gasteiger charge is -2.16. The van der Waals surface area contributed by atoms with Crippen LogP contribution in [0.4, 0.5) is 11.4 Å². The average molecular weight is 337 g/mol. The fraction of sp³-hybridized carbons (Fsp3) is 0.300. The van der Waals surface area contributed by atoms with Gasteiger partial charge in [-0.15, -0.1) is 0 Å². The van der Waals surface area contributed by atoms with Crippen molar-refractivity contribution in [1.29, 1.82) is 0 Å².